The first-order chi connectivity index (χ1) is 6.72. The normalized spacial score (nSPS) is 9.14. The van der Waals surface area contributed by atoms with E-state index < -0.39 is 0 Å². The monoisotopic (exact) mass is 208 g/mol. The van der Waals surface area contributed by atoms with E-state index in [1.807, 2.05) is 24.5 Å². The summed E-state index contributed by atoms with van der Waals surface area (Å²) in [6.07, 6.45) is 3.54. The van der Waals surface area contributed by atoms with Crippen LogP contribution in [-0.4, -0.2) is 11.7 Å². The molecule has 0 aliphatic rings. The summed E-state index contributed by atoms with van der Waals surface area (Å²) >= 11 is 0.920. The number of carbonyl (C=O) groups is 1. The molecule has 1 amide bonds. The van der Waals surface area contributed by atoms with Crippen molar-refractivity contribution in [1.82, 2.24) is 0 Å². The first-order valence-electron chi connectivity index (χ1n) is 4.01. The van der Waals surface area contributed by atoms with Crippen LogP contribution in [-0.2, 0) is 4.79 Å². The van der Waals surface area contributed by atoms with Crippen LogP contribution in [0.4, 0.5) is 0 Å². The van der Waals surface area contributed by atoms with Gasteiger partial charge in [0.05, 0.1) is 5.75 Å². The predicted octanol–water partition coefficient (Wildman–Crippen LogP) is 0.567. The fourth-order valence-electron chi connectivity index (χ4n) is 0.937. The second-order valence-electron chi connectivity index (χ2n) is 2.70. The van der Waals surface area contributed by atoms with Crippen LogP contribution in [0.15, 0.2) is 24.5 Å². The molecule has 0 spiro atoms. The number of aryl methyl sites for hydroxylation is 1. The summed E-state index contributed by atoms with van der Waals surface area (Å²) in [4.78, 5) is 11.2. The molecule has 0 fully saturated rings. The summed E-state index contributed by atoms with van der Waals surface area (Å²) in [5.41, 5.74) is 3.68. The van der Waals surface area contributed by atoms with Crippen LogP contribution in [0.3, 0.4) is 0 Å². The third kappa shape index (κ3) is 3.46. The van der Waals surface area contributed by atoms with Crippen molar-refractivity contribution in [1.29, 1.82) is 5.26 Å². The molecule has 72 valence electrons. The average Bonchev–Trinajstić information content (AvgIpc) is 2.15. The first-order valence-corrected chi connectivity index (χ1v) is 4.99. The topological polar surface area (TPSA) is 56.8 Å². The first kappa shape index (κ1) is 10.5. The second-order valence-corrected chi connectivity index (χ2v) is 3.46. The van der Waals surface area contributed by atoms with Crippen LogP contribution in [0.2, 0.25) is 0 Å². The van der Waals surface area contributed by atoms with Gasteiger partial charge in [-0.15, -0.1) is 5.43 Å². The number of nitrogens with zero attached hydrogens (tertiary/aromatic N) is 2. The summed E-state index contributed by atoms with van der Waals surface area (Å²) in [5, 5.41) is 10.1. The highest BCUT2D eigenvalue weighted by Gasteiger charge is 2.06. The molecule has 1 rings (SSSR count). The number of carbonyl (C=O) groups excluding carboxylic acids is 1. The van der Waals surface area contributed by atoms with Gasteiger partial charge >= 0.3 is 0 Å². The van der Waals surface area contributed by atoms with Gasteiger partial charge in [-0.1, -0.05) is 4.68 Å². The van der Waals surface area contributed by atoms with Crippen LogP contribution in [0.5, 0.6) is 0 Å². The summed E-state index contributed by atoms with van der Waals surface area (Å²) in [7, 11) is 0. The summed E-state index contributed by atoms with van der Waals surface area (Å²) in [5.74, 6) is -0.0376. The molecule has 0 radical (unpaired) electrons. The van der Waals surface area contributed by atoms with Gasteiger partial charge in [-0.25, -0.2) is 0 Å². The summed E-state index contributed by atoms with van der Waals surface area (Å²) < 4.78 is 1.58. The fraction of sp³-hybridized carbons (Fsp3) is 0.222. The zero-order valence-electron chi connectivity index (χ0n) is 7.73. The Morgan fingerprint density at radius 2 is 2.57 bits per heavy atom. The zero-order valence-corrected chi connectivity index (χ0v) is 8.54. The highest BCUT2D eigenvalue weighted by molar-refractivity contribution is 8.04. The summed E-state index contributed by atoms with van der Waals surface area (Å²) in [6, 6.07) is 3.78. The minimum Gasteiger partial charge on any atom is -0.268 e. The number of rotatable bonds is 3. The molecule has 0 aromatic carbocycles. The lowest BCUT2D eigenvalue weighted by molar-refractivity contribution is -0.642. The fourth-order valence-corrected chi connectivity index (χ4v) is 1.20. The molecule has 1 aromatic rings. The molecule has 1 aromatic heterocycles. The Labute approximate surface area is 86.5 Å². The van der Waals surface area contributed by atoms with Crippen molar-refractivity contribution >= 4 is 17.7 Å². The number of thioether (sulfide) groups is 1. The molecular weight excluding hydrogens is 198 g/mol. The number of pyridine rings is 1. The molecule has 0 atom stereocenters. The highest BCUT2D eigenvalue weighted by Crippen LogP contribution is 1.93. The Hall–Kier alpha value is -1.54. The van der Waals surface area contributed by atoms with Crippen molar-refractivity contribution in [3.63, 3.8) is 0 Å². The van der Waals surface area contributed by atoms with E-state index in [1.54, 1.807) is 17.1 Å². The van der Waals surface area contributed by atoms with E-state index >= 15 is 0 Å². The van der Waals surface area contributed by atoms with Crippen LogP contribution in [0.25, 0.3) is 0 Å². The van der Waals surface area contributed by atoms with Crippen LogP contribution < -0.4 is 10.1 Å². The van der Waals surface area contributed by atoms with E-state index in [4.69, 9.17) is 5.26 Å². The largest absolute Gasteiger partial charge is 0.285 e. The molecule has 0 saturated heterocycles. The number of hydrogen-bond donors (Lipinski definition) is 1. The van der Waals surface area contributed by atoms with E-state index in [2.05, 4.69) is 5.43 Å². The number of nitriles is 1. The van der Waals surface area contributed by atoms with Crippen molar-refractivity contribution in [2.24, 2.45) is 0 Å². The lowest BCUT2D eigenvalue weighted by atomic mass is 10.3. The van der Waals surface area contributed by atoms with E-state index in [-0.39, 0.29) is 11.7 Å². The minimum atomic E-state index is -0.188. The second kappa shape index (κ2) is 5.25. The molecule has 0 unspecified atom stereocenters. The van der Waals surface area contributed by atoms with Gasteiger partial charge in [-0.05, 0) is 24.8 Å². The lowest BCUT2D eigenvalue weighted by Crippen LogP contribution is -2.48. The van der Waals surface area contributed by atoms with E-state index in [0.29, 0.717) is 0 Å². The van der Waals surface area contributed by atoms with Gasteiger partial charge < -0.3 is 0 Å². The molecule has 14 heavy (non-hydrogen) atoms. The number of aromatic nitrogens is 1. The van der Waals surface area contributed by atoms with Gasteiger partial charge in [0, 0.05) is 11.6 Å². The molecule has 0 aliphatic heterocycles. The third-order valence-electron chi connectivity index (χ3n) is 1.47. The maximum atomic E-state index is 11.2. The van der Waals surface area contributed by atoms with Crippen molar-refractivity contribution < 1.29 is 9.47 Å². The van der Waals surface area contributed by atoms with E-state index in [9.17, 15) is 4.79 Å². The Morgan fingerprint density at radius 3 is 3.21 bits per heavy atom. The number of nitrogens with one attached hydrogen (secondary N) is 1. The van der Waals surface area contributed by atoms with Gasteiger partial charge in [0.25, 0.3) is 5.91 Å². The maximum Gasteiger partial charge on any atom is 0.285 e. The van der Waals surface area contributed by atoms with Crippen molar-refractivity contribution in [3.8, 4) is 5.40 Å². The molecule has 4 nitrogen and oxygen atoms in total. The smallest absolute Gasteiger partial charge is 0.268 e. The van der Waals surface area contributed by atoms with Gasteiger partial charge in [-0.2, -0.15) is 5.26 Å². The zero-order chi connectivity index (χ0) is 10.4. The van der Waals surface area contributed by atoms with Crippen LogP contribution in [0, 0.1) is 17.6 Å². The van der Waals surface area contributed by atoms with Crippen molar-refractivity contribution in [2.45, 2.75) is 6.92 Å². The Kier molecular flexibility index (Phi) is 3.95. The van der Waals surface area contributed by atoms with Gasteiger partial charge in [0.15, 0.2) is 6.20 Å². The van der Waals surface area contributed by atoms with Crippen LogP contribution >= 0.6 is 11.8 Å². The SMILES string of the molecule is Cc1ccc[n+](NC(=O)CSC#N)c1. The standard InChI is InChI=1S/C9H9N3OS/c1-8-3-2-4-12(5-8)11-9(13)6-14-7-10/h2-5H,6H2,1H3/p+1. The van der Waals surface area contributed by atoms with Crippen molar-refractivity contribution in [2.75, 3.05) is 11.2 Å². The van der Waals surface area contributed by atoms with Crippen LogP contribution in [0.1, 0.15) is 5.56 Å². The average molecular weight is 208 g/mol. The third-order valence-corrected chi connectivity index (χ3v) is 2.01. The maximum absolute atomic E-state index is 11.2. The Morgan fingerprint density at radius 1 is 1.79 bits per heavy atom. The molecule has 0 saturated carbocycles. The molecule has 0 bridgehead atoms. The molecular formula is C9H10N3OS+. The molecule has 5 heteroatoms. The molecule has 1 N–H and O–H groups in total. The van der Waals surface area contributed by atoms with Gasteiger partial charge in [0.1, 0.15) is 5.40 Å². The lowest BCUT2D eigenvalue weighted by Gasteiger charge is -1.96. The van der Waals surface area contributed by atoms with Crippen molar-refractivity contribution in [3.05, 3.63) is 30.1 Å². The predicted molar refractivity (Wildman–Crippen MR) is 53.8 cm³/mol. The Balaban J connectivity index is 2.53. The quantitative estimate of drug-likeness (QED) is 0.583. The van der Waals surface area contributed by atoms with Gasteiger partial charge in [0.2, 0.25) is 6.20 Å². The number of hydrogen-bond acceptors (Lipinski definition) is 3. The van der Waals surface area contributed by atoms with Gasteiger partial charge in [-0.3, -0.25) is 4.79 Å². The molecule has 0 aliphatic carbocycles. The van der Waals surface area contributed by atoms with E-state index in [1.165, 1.54) is 0 Å². The molecule has 1 heterocycles. The number of thiocyanates is 1. The highest BCUT2D eigenvalue weighted by atomic mass is 32.2. The Bertz CT molecular complexity index is 373. The number of amides is 1. The minimum absolute atomic E-state index is 0.150. The summed E-state index contributed by atoms with van der Waals surface area (Å²) in [6.45, 7) is 1.94. The van der Waals surface area contributed by atoms with E-state index in [0.717, 1.165) is 17.3 Å².